The molecule has 1 fully saturated rings. The molecule has 0 spiro atoms. The number of fused-ring (bicyclic) bond motifs is 1. The number of imidazole rings is 1. The van der Waals surface area contributed by atoms with E-state index in [4.69, 9.17) is 9.47 Å². The van der Waals surface area contributed by atoms with Gasteiger partial charge in [0.05, 0.1) is 25.7 Å². The number of benzene rings is 1. The number of methoxy groups -OCH3 is 1. The summed E-state index contributed by atoms with van der Waals surface area (Å²) in [7, 11) is 1.43. The van der Waals surface area contributed by atoms with Gasteiger partial charge in [0.15, 0.2) is 0 Å². The summed E-state index contributed by atoms with van der Waals surface area (Å²) in [5.41, 5.74) is 3.08. The minimum Gasteiger partial charge on any atom is -0.493 e. The second kappa shape index (κ2) is 6.78. The molecule has 0 saturated heterocycles. The van der Waals surface area contributed by atoms with Crippen LogP contribution in [0, 0.1) is 5.92 Å². The molecule has 2 aliphatic rings. The number of carbonyl (C=O) groups is 1. The number of H-pyrrole nitrogens is 1. The Morgan fingerprint density at radius 2 is 2.28 bits per heavy atom. The van der Waals surface area contributed by atoms with Crippen LogP contribution in [0.15, 0.2) is 30.7 Å². The van der Waals surface area contributed by atoms with Crippen molar-refractivity contribution in [1.82, 2.24) is 9.97 Å². The molecule has 25 heavy (non-hydrogen) atoms. The van der Waals surface area contributed by atoms with Crippen molar-refractivity contribution < 1.29 is 14.3 Å². The molecule has 1 aromatic heterocycles. The summed E-state index contributed by atoms with van der Waals surface area (Å²) in [6.45, 7) is 1.43. The van der Waals surface area contributed by atoms with Crippen LogP contribution in [0.4, 0.5) is 10.5 Å². The maximum absolute atomic E-state index is 12.2. The highest BCUT2D eigenvalue weighted by Gasteiger charge is 2.30. The van der Waals surface area contributed by atoms with Gasteiger partial charge in [-0.25, -0.2) is 9.78 Å². The van der Waals surface area contributed by atoms with Crippen LogP contribution in [-0.4, -0.2) is 36.3 Å². The van der Waals surface area contributed by atoms with Gasteiger partial charge >= 0.3 is 6.09 Å². The van der Waals surface area contributed by atoms with Crippen molar-refractivity contribution in [2.45, 2.75) is 31.6 Å². The first-order chi connectivity index (χ1) is 12.2. The number of nitrogens with zero attached hydrogens (tertiary/aromatic N) is 2. The molecule has 2 heterocycles. The number of hydrogen-bond donors (Lipinski definition) is 1. The summed E-state index contributed by atoms with van der Waals surface area (Å²) >= 11 is 0. The van der Waals surface area contributed by atoms with Crippen LogP contribution in [0.2, 0.25) is 0 Å². The summed E-state index contributed by atoms with van der Waals surface area (Å²) in [4.78, 5) is 21.3. The zero-order valence-electron chi connectivity index (χ0n) is 14.4. The lowest BCUT2D eigenvalue weighted by atomic mass is 9.89. The molecule has 0 bridgehead atoms. The van der Waals surface area contributed by atoms with Crippen LogP contribution >= 0.6 is 0 Å². The maximum Gasteiger partial charge on any atom is 0.414 e. The van der Waals surface area contributed by atoms with Crippen molar-refractivity contribution in [3.05, 3.63) is 42.0 Å². The average Bonchev–Trinajstić information content (AvgIpc) is 3.33. The Bertz CT molecular complexity index is 740. The molecule has 1 N–H and O–H groups in total. The van der Waals surface area contributed by atoms with Crippen LogP contribution in [0.25, 0.3) is 0 Å². The topological polar surface area (TPSA) is 67.5 Å². The number of aromatic nitrogens is 2. The van der Waals surface area contributed by atoms with E-state index >= 15 is 0 Å². The standard InChI is InChI=1S/C19H23N3O3/c1-24-19(23)22(11-13-2-3-13)16-4-5-18-17(9-16)14(6-7-25-18)8-15-10-20-12-21-15/h4-5,9-10,12-14H,2-3,6-8,11H2,1H3,(H,20,21). The van der Waals surface area contributed by atoms with Crippen molar-refractivity contribution in [3.8, 4) is 5.75 Å². The van der Waals surface area contributed by atoms with E-state index in [2.05, 4.69) is 16.0 Å². The van der Waals surface area contributed by atoms with E-state index in [1.165, 1.54) is 20.0 Å². The molecule has 0 radical (unpaired) electrons. The fraction of sp³-hybridized carbons (Fsp3) is 0.474. The van der Waals surface area contributed by atoms with Gasteiger partial charge in [-0.05, 0) is 61.3 Å². The molecule has 1 unspecified atom stereocenters. The van der Waals surface area contributed by atoms with Gasteiger partial charge in [-0.15, -0.1) is 0 Å². The van der Waals surface area contributed by atoms with Gasteiger partial charge in [0, 0.05) is 18.4 Å². The number of carbonyl (C=O) groups excluding carboxylic acids is 1. The summed E-state index contributed by atoms with van der Waals surface area (Å²) in [5.74, 6) is 1.84. The molecule has 1 amide bonds. The molecule has 132 valence electrons. The van der Waals surface area contributed by atoms with Gasteiger partial charge in [0.2, 0.25) is 0 Å². The van der Waals surface area contributed by atoms with Crippen molar-refractivity contribution in [2.24, 2.45) is 5.92 Å². The summed E-state index contributed by atoms with van der Waals surface area (Å²) < 4.78 is 10.8. The number of hydrogen-bond acceptors (Lipinski definition) is 4. The van der Waals surface area contributed by atoms with Crippen LogP contribution < -0.4 is 9.64 Å². The third-order valence-electron chi connectivity index (χ3n) is 5.01. The second-order valence-electron chi connectivity index (χ2n) is 6.84. The Morgan fingerprint density at radius 1 is 1.40 bits per heavy atom. The lowest BCUT2D eigenvalue weighted by molar-refractivity contribution is 0.178. The third-order valence-corrected chi connectivity index (χ3v) is 5.01. The lowest BCUT2D eigenvalue weighted by Gasteiger charge is -2.28. The molecular weight excluding hydrogens is 318 g/mol. The fourth-order valence-electron chi connectivity index (χ4n) is 3.44. The predicted molar refractivity (Wildman–Crippen MR) is 94.1 cm³/mol. The predicted octanol–water partition coefficient (Wildman–Crippen LogP) is 3.50. The fourth-order valence-corrected chi connectivity index (χ4v) is 3.44. The quantitative estimate of drug-likeness (QED) is 0.904. The minimum atomic E-state index is -0.299. The van der Waals surface area contributed by atoms with E-state index in [-0.39, 0.29) is 6.09 Å². The summed E-state index contributed by atoms with van der Waals surface area (Å²) in [6.07, 6.45) is 7.53. The maximum atomic E-state index is 12.2. The Hall–Kier alpha value is -2.50. The van der Waals surface area contributed by atoms with E-state index in [0.29, 0.717) is 18.4 Å². The molecule has 6 nitrogen and oxygen atoms in total. The molecule has 1 aromatic carbocycles. The van der Waals surface area contributed by atoms with Gasteiger partial charge < -0.3 is 14.5 Å². The third kappa shape index (κ3) is 3.48. The monoisotopic (exact) mass is 341 g/mol. The van der Waals surface area contributed by atoms with Crippen molar-refractivity contribution in [3.63, 3.8) is 0 Å². The Labute approximate surface area is 147 Å². The zero-order chi connectivity index (χ0) is 17.2. The van der Waals surface area contributed by atoms with Gasteiger partial charge in [0.1, 0.15) is 5.75 Å². The number of nitrogens with one attached hydrogen (secondary N) is 1. The number of aromatic amines is 1. The van der Waals surface area contributed by atoms with Gasteiger partial charge in [0.25, 0.3) is 0 Å². The SMILES string of the molecule is COC(=O)N(CC1CC1)c1ccc2c(c1)C(Cc1c[nH]cn1)CCO2. The second-order valence-corrected chi connectivity index (χ2v) is 6.84. The Kier molecular flexibility index (Phi) is 4.34. The Balaban J connectivity index is 1.62. The lowest BCUT2D eigenvalue weighted by Crippen LogP contribution is -2.33. The number of anilines is 1. The molecule has 4 rings (SSSR count). The summed E-state index contributed by atoms with van der Waals surface area (Å²) in [6, 6.07) is 6.02. The number of amides is 1. The van der Waals surface area contributed by atoms with Crippen molar-refractivity contribution >= 4 is 11.8 Å². The first-order valence-corrected chi connectivity index (χ1v) is 8.84. The molecule has 2 aromatic rings. The van der Waals surface area contributed by atoms with E-state index in [0.717, 1.165) is 42.1 Å². The molecule has 6 heteroatoms. The smallest absolute Gasteiger partial charge is 0.414 e. The average molecular weight is 341 g/mol. The Morgan fingerprint density at radius 3 is 3.00 bits per heavy atom. The zero-order valence-corrected chi connectivity index (χ0v) is 14.4. The minimum absolute atomic E-state index is 0.299. The molecular formula is C19H23N3O3. The van der Waals surface area contributed by atoms with E-state index in [1.807, 2.05) is 18.3 Å². The van der Waals surface area contributed by atoms with E-state index in [9.17, 15) is 4.79 Å². The van der Waals surface area contributed by atoms with Crippen LogP contribution in [0.5, 0.6) is 5.75 Å². The molecule has 1 saturated carbocycles. The molecule has 1 aliphatic heterocycles. The largest absolute Gasteiger partial charge is 0.493 e. The van der Waals surface area contributed by atoms with Gasteiger partial charge in [-0.1, -0.05) is 0 Å². The highest BCUT2D eigenvalue weighted by molar-refractivity contribution is 5.88. The van der Waals surface area contributed by atoms with Crippen molar-refractivity contribution in [1.29, 1.82) is 0 Å². The highest BCUT2D eigenvalue weighted by atomic mass is 16.5. The van der Waals surface area contributed by atoms with E-state index in [1.54, 1.807) is 11.2 Å². The number of ether oxygens (including phenoxy) is 2. The molecule has 1 atom stereocenters. The van der Waals surface area contributed by atoms with E-state index < -0.39 is 0 Å². The van der Waals surface area contributed by atoms with Gasteiger partial charge in [-0.2, -0.15) is 0 Å². The van der Waals surface area contributed by atoms with Crippen LogP contribution in [0.3, 0.4) is 0 Å². The van der Waals surface area contributed by atoms with Crippen LogP contribution in [0.1, 0.15) is 36.4 Å². The first-order valence-electron chi connectivity index (χ1n) is 8.84. The normalized spacial score (nSPS) is 19.0. The number of rotatable bonds is 5. The van der Waals surface area contributed by atoms with Gasteiger partial charge in [-0.3, -0.25) is 4.90 Å². The molecule has 1 aliphatic carbocycles. The first kappa shape index (κ1) is 16.0. The van der Waals surface area contributed by atoms with Crippen molar-refractivity contribution in [2.75, 3.05) is 25.2 Å². The van der Waals surface area contributed by atoms with Crippen LogP contribution in [-0.2, 0) is 11.2 Å². The highest BCUT2D eigenvalue weighted by Crippen LogP contribution is 2.39. The summed E-state index contributed by atoms with van der Waals surface area (Å²) in [5, 5.41) is 0.